The number of amides is 1. The number of aromatic nitrogens is 2. The van der Waals surface area contributed by atoms with E-state index in [4.69, 9.17) is 19.6 Å². The number of ether oxygens (including phenoxy) is 2. The molecule has 11 nitrogen and oxygen atoms in total. The molecule has 1 saturated carbocycles. The molecular formula is C21H25F2N6O5SSi. The van der Waals surface area contributed by atoms with E-state index in [-0.39, 0.29) is 34.4 Å². The smallest absolute Gasteiger partial charge is 0.381 e. The topological polar surface area (TPSA) is 154 Å². The average Bonchev–Trinajstić information content (AvgIpc) is 3.47. The summed E-state index contributed by atoms with van der Waals surface area (Å²) in [5.74, 6) is -1.35. The Morgan fingerprint density at radius 2 is 2.22 bits per heavy atom. The molecule has 1 unspecified atom stereocenters. The lowest BCUT2D eigenvalue weighted by Crippen LogP contribution is -2.36. The SMILES string of the molecule is COc1c(NC([Si])[C@H]2CCC[C@H]2OCC(F)F)cc(C(=O)Nc2nnc(/N=C(C)/C=C\N)s2)oc1=O. The number of hydrogen-bond donors (Lipinski definition) is 3. The van der Waals surface area contributed by atoms with Crippen molar-refractivity contribution in [2.45, 2.75) is 44.4 Å². The van der Waals surface area contributed by atoms with Crippen LogP contribution in [0.4, 0.5) is 24.7 Å². The van der Waals surface area contributed by atoms with Crippen LogP contribution in [-0.4, -0.2) is 64.0 Å². The Hall–Kier alpha value is -3.17. The number of allylic oxidation sites excluding steroid dienone is 1. The summed E-state index contributed by atoms with van der Waals surface area (Å²) < 4.78 is 40.8. The van der Waals surface area contributed by atoms with Crippen LogP contribution in [-0.2, 0) is 4.74 Å². The molecule has 0 aliphatic heterocycles. The van der Waals surface area contributed by atoms with E-state index >= 15 is 0 Å². The molecule has 2 aromatic rings. The fourth-order valence-corrected chi connectivity index (χ4v) is 4.91. The summed E-state index contributed by atoms with van der Waals surface area (Å²) in [5, 5.41) is 13.7. The number of methoxy groups -OCH3 is 1. The standard InChI is InChI=1S/C21H25F2N6O5SSi/c1-10(6-7-24)25-20-28-29-21(35-20)27-17(30)14-8-12(16(32-2)19(31)34-14)26-18(36)11-4-3-5-13(11)33-9-15(22)23/h6-8,11,13,15,18,26H,3-5,9,24H2,1-2H3,(H,27,29,30)/b7-6-,25-10+/t11-,13+,18?/m0/s1. The Morgan fingerprint density at radius 3 is 2.92 bits per heavy atom. The second-order valence-electron chi connectivity index (χ2n) is 7.78. The number of nitrogens with two attached hydrogens (primary N) is 1. The van der Waals surface area contributed by atoms with Crippen molar-refractivity contribution in [3.63, 3.8) is 0 Å². The lowest BCUT2D eigenvalue weighted by Gasteiger charge is -2.28. The van der Waals surface area contributed by atoms with E-state index in [1.807, 2.05) is 0 Å². The Bertz CT molecular complexity index is 1170. The van der Waals surface area contributed by atoms with Gasteiger partial charge in [0.05, 0.1) is 29.1 Å². The Labute approximate surface area is 212 Å². The van der Waals surface area contributed by atoms with Gasteiger partial charge in [0.25, 0.3) is 12.3 Å². The highest BCUT2D eigenvalue weighted by atomic mass is 32.1. The van der Waals surface area contributed by atoms with Crippen LogP contribution in [0.1, 0.15) is 36.7 Å². The number of rotatable bonds is 11. The van der Waals surface area contributed by atoms with Gasteiger partial charge in [0, 0.05) is 23.4 Å². The van der Waals surface area contributed by atoms with Crippen molar-refractivity contribution in [1.29, 1.82) is 0 Å². The maximum absolute atomic E-state index is 12.8. The zero-order chi connectivity index (χ0) is 26.2. The molecule has 0 spiro atoms. The maximum Gasteiger partial charge on any atom is 0.381 e. The van der Waals surface area contributed by atoms with Gasteiger partial charge in [-0.2, -0.15) is 0 Å². The van der Waals surface area contributed by atoms with Gasteiger partial charge in [-0.15, -0.1) is 10.2 Å². The number of hydrogen-bond acceptors (Lipinski definition) is 11. The van der Waals surface area contributed by atoms with Crippen molar-refractivity contribution in [3.8, 4) is 5.75 Å². The first kappa shape index (κ1) is 27.4. The molecule has 36 heavy (non-hydrogen) atoms. The quantitative estimate of drug-likeness (QED) is 0.289. The third-order valence-corrected chi connectivity index (χ3v) is 6.56. The molecule has 0 saturated heterocycles. The number of anilines is 2. The Morgan fingerprint density at radius 1 is 1.44 bits per heavy atom. The van der Waals surface area contributed by atoms with Crippen LogP contribution in [0.3, 0.4) is 0 Å². The fraction of sp³-hybridized carbons (Fsp3) is 0.476. The molecule has 1 amide bonds. The molecule has 1 aliphatic rings. The second kappa shape index (κ2) is 12.7. The normalized spacial score (nSPS) is 19.1. The zero-order valence-corrected chi connectivity index (χ0v) is 21.3. The number of carbonyl (C=O) groups excluding carboxylic acids is 1. The number of alkyl halides is 2. The number of aliphatic imine (C=N–C) groups is 1. The van der Waals surface area contributed by atoms with Crippen molar-refractivity contribution in [3.05, 3.63) is 34.5 Å². The van der Waals surface area contributed by atoms with Crippen molar-refractivity contribution in [1.82, 2.24) is 10.2 Å². The molecule has 4 N–H and O–H groups in total. The molecule has 2 aromatic heterocycles. The molecule has 193 valence electrons. The van der Waals surface area contributed by atoms with Gasteiger partial charge in [-0.3, -0.25) is 10.1 Å². The summed E-state index contributed by atoms with van der Waals surface area (Å²) >= 11 is 1.01. The number of nitrogens with zero attached hydrogens (tertiary/aromatic N) is 3. The first-order valence-electron chi connectivity index (χ1n) is 10.9. The summed E-state index contributed by atoms with van der Waals surface area (Å²) in [5.41, 5.74) is 4.76. The van der Waals surface area contributed by atoms with Crippen molar-refractivity contribution < 1.29 is 27.5 Å². The molecular weight excluding hydrogens is 514 g/mol. The van der Waals surface area contributed by atoms with Gasteiger partial charge in [0.2, 0.25) is 16.0 Å². The van der Waals surface area contributed by atoms with E-state index in [2.05, 4.69) is 36.1 Å². The third kappa shape index (κ3) is 7.17. The molecule has 1 fully saturated rings. The lowest BCUT2D eigenvalue weighted by atomic mass is 10.1. The van der Waals surface area contributed by atoms with Crippen LogP contribution in [0, 0.1) is 5.92 Å². The van der Waals surface area contributed by atoms with Gasteiger partial charge < -0.3 is 24.9 Å². The molecule has 1 aliphatic carbocycles. The molecule has 0 aromatic carbocycles. The van der Waals surface area contributed by atoms with Crippen LogP contribution in [0.5, 0.6) is 5.75 Å². The van der Waals surface area contributed by atoms with Gasteiger partial charge >= 0.3 is 5.63 Å². The third-order valence-electron chi connectivity index (χ3n) is 5.26. The fourth-order valence-electron chi connectivity index (χ4n) is 3.71. The van der Waals surface area contributed by atoms with Gasteiger partial charge in [0.15, 0.2) is 5.76 Å². The molecule has 2 heterocycles. The lowest BCUT2D eigenvalue weighted by molar-refractivity contribution is -0.0373. The largest absolute Gasteiger partial charge is 0.488 e. The minimum Gasteiger partial charge on any atom is -0.488 e. The van der Waals surface area contributed by atoms with Crippen LogP contribution >= 0.6 is 11.3 Å². The van der Waals surface area contributed by atoms with E-state index in [9.17, 15) is 18.4 Å². The zero-order valence-electron chi connectivity index (χ0n) is 19.5. The van der Waals surface area contributed by atoms with Crippen LogP contribution in [0.2, 0.25) is 0 Å². The molecule has 3 rings (SSSR count). The van der Waals surface area contributed by atoms with Gasteiger partial charge in [-0.25, -0.2) is 18.6 Å². The summed E-state index contributed by atoms with van der Waals surface area (Å²) in [4.78, 5) is 29.4. The van der Waals surface area contributed by atoms with Gasteiger partial charge in [-0.05, 0) is 32.0 Å². The molecule has 3 atom stereocenters. The van der Waals surface area contributed by atoms with Crippen LogP contribution in [0.15, 0.2) is 32.5 Å². The average molecular weight is 540 g/mol. The summed E-state index contributed by atoms with van der Waals surface area (Å²) in [6, 6.07) is 1.31. The van der Waals surface area contributed by atoms with E-state index < -0.39 is 30.2 Å². The number of halogens is 2. The van der Waals surface area contributed by atoms with E-state index in [1.54, 1.807) is 13.0 Å². The molecule has 0 bridgehead atoms. The van der Waals surface area contributed by atoms with E-state index in [1.165, 1.54) is 19.4 Å². The first-order chi connectivity index (χ1) is 17.2. The van der Waals surface area contributed by atoms with Crippen molar-refractivity contribution in [2.24, 2.45) is 16.6 Å². The first-order valence-corrected chi connectivity index (χ1v) is 12.3. The van der Waals surface area contributed by atoms with Gasteiger partial charge in [0.1, 0.15) is 6.61 Å². The van der Waals surface area contributed by atoms with Crippen molar-refractivity contribution >= 4 is 49.1 Å². The van der Waals surface area contributed by atoms with E-state index in [0.717, 1.165) is 17.8 Å². The predicted molar refractivity (Wildman–Crippen MR) is 132 cm³/mol. The summed E-state index contributed by atoms with van der Waals surface area (Å²) in [6.45, 7) is 1.07. The maximum atomic E-state index is 12.8. The van der Waals surface area contributed by atoms with Gasteiger partial charge in [-0.1, -0.05) is 17.8 Å². The highest BCUT2D eigenvalue weighted by molar-refractivity contribution is 7.18. The Balaban J connectivity index is 1.76. The Kier molecular flexibility index (Phi) is 9.66. The van der Waals surface area contributed by atoms with Crippen LogP contribution < -0.4 is 26.7 Å². The monoisotopic (exact) mass is 539 g/mol. The van der Waals surface area contributed by atoms with Crippen LogP contribution in [0.25, 0.3) is 0 Å². The molecule has 3 radical (unpaired) electrons. The van der Waals surface area contributed by atoms with Crippen molar-refractivity contribution in [2.75, 3.05) is 24.4 Å². The second-order valence-corrected chi connectivity index (χ2v) is 9.36. The summed E-state index contributed by atoms with van der Waals surface area (Å²) in [7, 11) is 4.86. The number of nitrogens with one attached hydrogen (secondary N) is 2. The number of carbonyl (C=O) groups is 1. The highest BCUT2D eigenvalue weighted by Crippen LogP contribution is 2.33. The highest BCUT2D eigenvalue weighted by Gasteiger charge is 2.33. The predicted octanol–water partition coefficient (Wildman–Crippen LogP) is 2.67. The molecule has 15 heteroatoms. The minimum atomic E-state index is -2.56. The van der Waals surface area contributed by atoms with E-state index in [0.29, 0.717) is 23.7 Å². The summed E-state index contributed by atoms with van der Waals surface area (Å²) in [6.07, 6.45) is 2.12. The minimum absolute atomic E-state index is 0.138.